The smallest absolute Gasteiger partial charge is 0.251 e. The Kier molecular flexibility index (Phi) is 4.91. The maximum Gasteiger partial charge on any atom is 0.251 e. The van der Waals surface area contributed by atoms with E-state index in [1.807, 2.05) is 34.6 Å². The molecule has 1 amide bonds. The largest absolute Gasteiger partial charge is 0.352 e. The molecule has 3 N–H and O–H groups in total. The van der Waals surface area contributed by atoms with Gasteiger partial charge in [-0.05, 0) is 62.4 Å². The topological polar surface area (TPSA) is 55.1 Å². The van der Waals surface area contributed by atoms with Crippen molar-refractivity contribution in [3.8, 4) is 0 Å². The SMILES string of the molecule is Cc1cc(C)c(C)c(C(=O)NCC(C)CN)c1C. The Morgan fingerprint density at radius 2 is 1.72 bits per heavy atom. The van der Waals surface area contributed by atoms with Gasteiger partial charge in [-0.15, -0.1) is 0 Å². The van der Waals surface area contributed by atoms with Crippen LogP contribution in [0, 0.1) is 33.6 Å². The molecular weight excluding hydrogens is 224 g/mol. The van der Waals surface area contributed by atoms with Crippen LogP contribution in [0.2, 0.25) is 0 Å². The van der Waals surface area contributed by atoms with E-state index in [2.05, 4.69) is 11.4 Å². The number of hydrogen-bond donors (Lipinski definition) is 2. The second-order valence-corrected chi connectivity index (χ2v) is 5.19. The Balaban J connectivity index is 2.99. The van der Waals surface area contributed by atoms with E-state index in [0.29, 0.717) is 19.0 Å². The summed E-state index contributed by atoms with van der Waals surface area (Å²) in [5.41, 5.74) is 10.8. The summed E-state index contributed by atoms with van der Waals surface area (Å²) >= 11 is 0. The van der Waals surface area contributed by atoms with Crippen molar-refractivity contribution in [3.05, 3.63) is 33.9 Å². The monoisotopic (exact) mass is 248 g/mol. The highest BCUT2D eigenvalue weighted by Gasteiger charge is 2.15. The summed E-state index contributed by atoms with van der Waals surface area (Å²) in [4.78, 5) is 12.3. The molecule has 0 fully saturated rings. The van der Waals surface area contributed by atoms with E-state index in [-0.39, 0.29) is 5.91 Å². The summed E-state index contributed by atoms with van der Waals surface area (Å²) in [7, 11) is 0. The first-order chi connectivity index (χ1) is 8.38. The summed E-state index contributed by atoms with van der Waals surface area (Å²) < 4.78 is 0. The number of nitrogens with two attached hydrogens (primary N) is 1. The molecule has 0 bridgehead atoms. The van der Waals surface area contributed by atoms with E-state index in [9.17, 15) is 4.79 Å². The molecule has 0 saturated heterocycles. The van der Waals surface area contributed by atoms with E-state index in [1.165, 1.54) is 0 Å². The number of nitrogens with one attached hydrogen (secondary N) is 1. The molecule has 1 rings (SSSR count). The van der Waals surface area contributed by atoms with Crippen molar-refractivity contribution in [2.75, 3.05) is 13.1 Å². The number of benzene rings is 1. The van der Waals surface area contributed by atoms with Gasteiger partial charge in [0.1, 0.15) is 0 Å². The minimum atomic E-state index is 0.0112. The van der Waals surface area contributed by atoms with Crippen molar-refractivity contribution < 1.29 is 4.79 Å². The predicted octanol–water partition coefficient (Wildman–Crippen LogP) is 2.24. The van der Waals surface area contributed by atoms with Gasteiger partial charge in [-0.25, -0.2) is 0 Å². The Morgan fingerprint density at radius 3 is 2.17 bits per heavy atom. The molecule has 1 unspecified atom stereocenters. The minimum Gasteiger partial charge on any atom is -0.352 e. The zero-order chi connectivity index (χ0) is 13.9. The number of aryl methyl sites for hydroxylation is 2. The lowest BCUT2D eigenvalue weighted by molar-refractivity contribution is 0.0947. The van der Waals surface area contributed by atoms with Crippen molar-refractivity contribution >= 4 is 5.91 Å². The van der Waals surface area contributed by atoms with Gasteiger partial charge in [-0.2, -0.15) is 0 Å². The molecule has 3 nitrogen and oxygen atoms in total. The quantitative estimate of drug-likeness (QED) is 0.858. The number of carbonyl (C=O) groups excluding carboxylic acids is 1. The molecule has 0 aromatic heterocycles. The molecule has 1 aromatic carbocycles. The Bertz CT molecular complexity index is 426. The van der Waals surface area contributed by atoms with Gasteiger partial charge in [0.05, 0.1) is 0 Å². The van der Waals surface area contributed by atoms with Gasteiger partial charge in [0.15, 0.2) is 0 Å². The molecule has 0 saturated carbocycles. The van der Waals surface area contributed by atoms with Gasteiger partial charge >= 0.3 is 0 Å². The first-order valence-corrected chi connectivity index (χ1v) is 6.44. The zero-order valence-electron chi connectivity index (χ0n) is 12.1. The molecule has 0 heterocycles. The highest BCUT2D eigenvalue weighted by atomic mass is 16.1. The van der Waals surface area contributed by atoms with Crippen molar-refractivity contribution in [2.24, 2.45) is 11.7 Å². The Morgan fingerprint density at radius 1 is 1.22 bits per heavy atom. The summed E-state index contributed by atoms with van der Waals surface area (Å²) in [5, 5.41) is 2.97. The van der Waals surface area contributed by atoms with Crippen molar-refractivity contribution in [3.63, 3.8) is 0 Å². The molecular formula is C15H24N2O. The second-order valence-electron chi connectivity index (χ2n) is 5.19. The molecule has 0 aliphatic heterocycles. The predicted molar refractivity (Wildman–Crippen MR) is 75.9 cm³/mol. The van der Waals surface area contributed by atoms with Crippen LogP contribution >= 0.6 is 0 Å². The van der Waals surface area contributed by atoms with Crippen LogP contribution in [-0.4, -0.2) is 19.0 Å². The van der Waals surface area contributed by atoms with Crippen LogP contribution in [-0.2, 0) is 0 Å². The minimum absolute atomic E-state index is 0.0112. The fourth-order valence-corrected chi connectivity index (χ4v) is 2.00. The number of rotatable bonds is 4. The molecule has 0 spiro atoms. The first-order valence-electron chi connectivity index (χ1n) is 6.44. The van der Waals surface area contributed by atoms with Crippen LogP contribution in [0.15, 0.2) is 6.07 Å². The lowest BCUT2D eigenvalue weighted by atomic mass is 9.93. The standard InChI is InChI=1S/C15H24N2O/c1-9(7-16)8-17-15(18)14-12(4)10(2)6-11(3)13(14)5/h6,9H,7-8,16H2,1-5H3,(H,17,18). The molecule has 0 radical (unpaired) electrons. The third-order valence-corrected chi connectivity index (χ3v) is 3.61. The van der Waals surface area contributed by atoms with Crippen LogP contribution in [0.3, 0.4) is 0 Å². The highest BCUT2D eigenvalue weighted by Crippen LogP contribution is 2.21. The maximum atomic E-state index is 12.3. The van der Waals surface area contributed by atoms with E-state index in [4.69, 9.17) is 5.73 Å². The lowest BCUT2D eigenvalue weighted by Gasteiger charge is -2.16. The van der Waals surface area contributed by atoms with Crippen LogP contribution in [0.25, 0.3) is 0 Å². The average molecular weight is 248 g/mol. The van der Waals surface area contributed by atoms with Gasteiger partial charge in [-0.1, -0.05) is 13.0 Å². The maximum absolute atomic E-state index is 12.3. The summed E-state index contributed by atoms with van der Waals surface area (Å²) in [6.45, 7) is 11.3. The fraction of sp³-hybridized carbons (Fsp3) is 0.533. The number of amides is 1. The number of carbonyl (C=O) groups is 1. The van der Waals surface area contributed by atoms with Gasteiger partial charge < -0.3 is 11.1 Å². The fourth-order valence-electron chi connectivity index (χ4n) is 2.00. The van der Waals surface area contributed by atoms with Crippen molar-refractivity contribution in [2.45, 2.75) is 34.6 Å². The molecule has 100 valence electrons. The molecule has 3 heteroatoms. The zero-order valence-corrected chi connectivity index (χ0v) is 12.1. The van der Waals surface area contributed by atoms with Gasteiger partial charge in [-0.3, -0.25) is 4.79 Å². The van der Waals surface area contributed by atoms with E-state index in [1.54, 1.807) is 0 Å². The van der Waals surface area contributed by atoms with Gasteiger partial charge in [0, 0.05) is 12.1 Å². The third-order valence-electron chi connectivity index (χ3n) is 3.61. The lowest BCUT2D eigenvalue weighted by Crippen LogP contribution is -2.32. The average Bonchev–Trinajstić information content (AvgIpc) is 2.33. The van der Waals surface area contributed by atoms with E-state index < -0.39 is 0 Å². The molecule has 1 atom stereocenters. The van der Waals surface area contributed by atoms with E-state index in [0.717, 1.165) is 27.8 Å². The van der Waals surface area contributed by atoms with Gasteiger partial charge in [0.2, 0.25) is 0 Å². The van der Waals surface area contributed by atoms with Crippen LogP contribution in [0.4, 0.5) is 0 Å². The van der Waals surface area contributed by atoms with E-state index >= 15 is 0 Å². The van der Waals surface area contributed by atoms with Crippen molar-refractivity contribution in [1.29, 1.82) is 0 Å². The first kappa shape index (κ1) is 14.7. The second kappa shape index (κ2) is 6.01. The third kappa shape index (κ3) is 3.10. The molecule has 0 aliphatic rings. The van der Waals surface area contributed by atoms with Crippen LogP contribution in [0.5, 0.6) is 0 Å². The Labute approximate surface area is 110 Å². The van der Waals surface area contributed by atoms with Crippen molar-refractivity contribution in [1.82, 2.24) is 5.32 Å². The van der Waals surface area contributed by atoms with Gasteiger partial charge in [0.25, 0.3) is 5.91 Å². The molecule has 18 heavy (non-hydrogen) atoms. The van der Waals surface area contributed by atoms with Crippen LogP contribution < -0.4 is 11.1 Å². The summed E-state index contributed by atoms with van der Waals surface area (Å²) in [6, 6.07) is 2.13. The number of hydrogen-bond acceptors (Lipinski definition) is 2. The normalized spacial score (nSPS) is 12.3. The summed E-state index contributed by atoms with van der Waals surface area (Å²) in [6.07, 6.45) is 0. The molecule has 0 aliphatic carbocycles. The van der Waals surface area contributed by atoms with Crippen LogP contribution in [0.1, 0.15) is 39.5 Å². The molecule has 1 aromatic rings. The summed E-state index contributed by atoms with van der Waals surface area (Å²) in [5.74, 6) is 0.317. The highest BCUT2D eigenvalue weighted by molar-refractivity contribution is 5.97. The Hall–Kier alpha value is -1.35.